The second-order valence-corrected chi connectivity index (χ2v) is 9.26. The topological polar surface area (TPSA) is 76.0 Å². The van der Waals surface area contributed by atoms with E-state index in [1.807, 2.05) is 36.4 Å². The van der Waals surface area contributed by atoms with Crippen molar-refractivity contribution in [1.29, 1.82) is 0 Å². The van der Waals surface area contributed by atoms with Gasteiger partial charge in [-0.3, -0.25) is 14.3 Å². The van der Waals surface area contributed by atoms with E-state index in [2.05, 4.69) is 27.9 Å². The average molecular weight is 435 g/mol. The van der Waals surface area contributed by atoms with Crippen LogP contribution in [-0.2, 0) is 9.59 Å². The molecule has 2 N–H and O–H groups in total. The molecule has 1 heterocycles. The summed E-state index contributed by atoms with van der Waals surface area (Å²) in [6.45, 7) is 1.79. The molecule has 1 aromatic heterocycles. The first kappa shape index (κ1) is 21.2. The Morgan fingerprint density at radius 3 is 2.39 bits per heavy atom. The molecule has 0 aliphatic heterocycles. The third-order valence-corrected chi connectivity index (χ3v) is 7.06. The molecule has 2 amide bonds. The van der Waals surface area contributed by atoms with Gasteiger partial charge in [0, 0.05) is 28.7 Å². The zero-order valence-corrected chi connectivity index (χ0v) is 18.3. The Hall–Kier alpha value is -3.06. The van der Waals surface area contributed by atoms with E-state index < -0.39 is 10.8 Å². The summed E-state index contributed by atoms with van der Waals surface area (Å²) in [5.41, 5.74) is 1.31. The molecule has 3 aromatic rings. The minimum absolute atomic E-state index is 0.0206. The van der Waals surface area contributed by atoms with E-state index in [9.17, 15) is 9.59 Å². The maximum Gasteiger partial charge on any atom is 0.248 e. The van der Waals surface area contributed by atoms with Gasteiger partial charge in [0.2, 0.25) is 11.8 Å². The molecule has 31 heavy (non-hydrogen) atoms. The van der Waals surface area contributed by atoms with Crippen molar-refractivity contribution < 1.29 is 9.59 Å². The predicted octanol–water partition coefficient (Wildman–Crippen LogP) is 5.13. The number of nitrogens with one attached hydrogen (secondary N) is 2. The maximum absolute atomic E-state index is 13.3. The number of amides is 2. The molecule has 0 saturated heterocycles. The van der Waals surface area contributed by atoms with Crippen molar-refractivity contribution in [3.05, 3.63) is 73.1 Å². The van der Waals surface area contributed by atoms with Crippen molar-refractivity contribution >= 4 is 35.0 Å². The van der Waals surface area contributed by atoms with Gasteiger partial charge in [0.05, 0.1) is 4.75 Å². The maximum atomic E-state index is 13.3. The number of anilines is 2. The van der Waals surface area contributed by atoms with Crippen LogP contribution in [0.25, 0.3) is 0 Å². The molecule has 6 nitrogen and oxygen atoms in total. The predicted molar refractivity (Wildman–Crippen MR) is 124 cm³/mol. The van der Waals surface area contributed by atoms with Crippen LogP contribution in [0, 0.1) is 0 Å². The number of hydrogen-bond acceptors (Lipinski definition) is 4. The lowest BCUT2D eigenvalue weighted by atomic mass is 10.1. The fourth-order valence-electron chi connectivity index (χ4n) is 3.83. The van der Waals surface area contributed by atoms with E-state index in [1.54, 1.807) is 47.9 Å². The molecule has 0 radical (unpaired) electrons. The highest BCUT2D eigenvalue weighted by atomic mass is 32.2. The summed E-state index contributed by atoms with van der Waals surface area (Å²) in [4.78, 5) is 27.0. The lowest BCUT2D eigenvalue weighted by molar-refractivity contribution is -0.119. The van der Waals surface area contributed by atoms with Crippen LogP contribution in [0.15, 0.2) is 78.0 Å². The Kier molecular flexibility index (Phi) is 6.42. The molecule has 7 heteroatoms. The molecule has 1 aliphatic rings. The van der Waals surface area contributed by atoms with E-state index in [1.165, 1.54) is 0 Å². The number of carbonyl (C=O) groups excluding carboxylic acids is 2. The third-order valence-electron chi connectivity index (χ3n) is 5.57. The number of benzene rings is 2. The monoisotopic (exact) mass is 434 g/mol. The summed E-state index contributed by atoms with van der Waals surface area (Å²) >= 11 is 1.65. The third kappa shape index (κ3) is 4.99. The molecule has 0 bridgehead atoms. The van der Waals surface area contributed by atoms with Gasteiger partial charge in [-0.05, 0) is 56.2 Å². The van der Waals surface area contributed by atoms with Crippen molar-refractivity contribution in [3.63, 3.8) is 0 Å². The molecule has 1 unspecified atom stereocenters. The molecule has 1 fully saturated rings. The van der Waals surface area contributed by atoms with E-state index in [-0.39, 0.29) is 11.8 Å². The molecule has 2 aromatic carbocycles. The van der Waals surface area contributed by atoms with Crippen molar-refractivity contribution in [2.75, 3.05) is 10.6 Å². The van der Waals surface area contributed by atoms with Gasteiger partial charge in [-0.1, -0.05) is 37.1 Å². The van der Waals surface area contributed by atoms with Crippen LogP contribution in [0.1, 0.15) is 38.6 Å². The van der Waals surface area contributed by atoms with Gasteiger partial charge in [0.15, 0.2) is 0 Å². The van der Waals surface area contributed by atoms with E-state index in [4.69, 9.17) is 0 Å². The minimum atomic E-state index is -0.463. The molecule has 1 atom stereocenters. The summed E-state index contributed by atoms with van der Waals surface area (Å²) in [5, 5.41) is 10.1. The molecular formula is C24H26N4O2S. The number of carbonyl (C=O) groups is 2. The summed E-state index contributed by atoms with van der Waals surface area (Å²) in [7, 11) is 0. The summed E-state index contributed by atoms with van der Waals surface area (Å²) in [6, 6.07) is 18.7. The van der Waals surface area contributed by atoms with E-state index in [0.29, 0.717) is 11.4 Å². The molecule has 160 valence electrons. The second kappa shape index (κ2) is 9.39. The largest absolute Gasteiger partial charge is 0.325 e. The van der Waals surface area contributed by atoms with Crippen LogP contribution >= 0.6 is 11.8 Å². The van der Waals surface area contributed by atoms with Gasteiger partial charge in [-0.2, -0.15) is 5.10 Å². The van der Waals surface area contributed by atoms with Crippen LogP contribution in [0.3, 0.4) is 0 Å². The minimum Gasteiger partial charge on any atom is -0.325 e. The normalized spacial score (nSPS) is 15.9. The fraction of sp³-hybridized carbons (Fsp3) is 0.292. The lowest BCUT2D eigenvalue weighted by Crippen LogP contribution is -2.37. The zero-order chi connectivity index (χ0) is 21.7. The Bertz CT molecular complexity index is 1030. The second-order valence-electron chi connectivity index (χ2n) is 7.80. The van der Waals surface area contributed by atoms with Gasteiger partial charge in [-0.15, -0.1) is 11.8 Å². The molecule has 4 rings (SSSR count). The van der Waals surface area contributed by atoms with Crippen LogP contribution in [-0.4, -0.2) is 26.3 Å². The van der Waals surface area contributed by atoms with Crippen LogP contribution in [0.4, 0.5) is 11.4 Å². The summed E-state index contributed by atoms with van der Waals surface area (Å²) < 4.78 is 1.14. The number of thioether (sulfide) groups is 1. The Morgan fingerprint density at radius 1 is 1.00 bits per heavy atom. The lowest BCUT2D eigenvalue weighted by Gasteiger charge is -2.27. The number of nitrogens with zero attached hydrogens (tertiary/aromatic N) is 2. The highest BCUT2D eigenvalue weighted by molar-refractivity contribution is 8.01. The van der Waals surface area contributed by atoms with E-state index >= 15 is 0 Å². The highest BCUT2D eigenvalue weighted by Crippen LogP contribution is 2.46. The molecule has 0 spiro atoms. The summed E-state index contributed by atoms with van der Waals surface area (Å²) in [6.07, 6.45) is 7.22. The zero-order valence-electron chi connectivity index (χ0n) is 17.5. The average Bonchev–Trinajstić information content (AvgIpc) is 3.47. The van der Waals surface area contributed by atoms with Gasteiger partial charge in [0.25, 0.3) is 0 Å². The number of rotatable bonds is 7. The van der Waals surface area contributed by atoms with Gasteiger partial charge in [-0.25, -0.2) is 0 Å². The molecule has 1 saturated carbocycles. The Labute approximate surface area is 186 Å². The SMILES string of the molecule is CC(C(=O)Nc1cccc(NC(=O)C2(Sc3ccccc3)CCCC2)c1)n1cccn1. The standard InChI is InChI=1S/C24H26N4O2S/c1-18(28-16-8-15-25-28)22(29)26-19-9-7-10-20(17-19)27-23(30)24(13-5-6-14-24)31-21-11-3-2-4-12-21/h2-4,7-12,15-18H,5-6,13-14H2,1H3,(H,26,29)(H,27,30). The quantitative estimate of drug-likeness (QED) is 0.541. The smallest absolute Gasteiger partial charge is 0.248 e. The van der Waals surface area contributed by atoms with Crippen molar-refractivity contribution in [2.45, 2.75) is 48.3 Å². The Morgan fingerprint density at radius 2 is 1.71 bits per heavy atom. The number of hydrogen-bond donors (Lipinski definition) is 2. The van der Waals surface area contributed by atoms with Crippen LogP contribution in [0.2, 0.25) is 0 Å². The van der Waals surface area contributed by atoms with E-state index in [0.717, 1.165) is 30.6 Å². The van der Waals surface area contributed by atoms with Gasteiger partial charge >= 0.3 is 0 Å². The first-order valence-electron chi connectivity index (χ1n) is 10.5. The van der Waals surface area contributed by atoms with Crippen molar-refractivity contribution in [1.82, 2.24) is 9.78 Å². The molecular weight excluding hydrogens is 408 g/mol. The van der Waals surface area contributed by atoms with Gasteiger partial charge in [0.1, 0.15) is 6.04 Å². The highest BCUT2D eigenvalue weighted by Gasteiger charge is 2.42. The number of aromatic nitrogens is 2. The van der Waals surface area contributed by atoms with Crippen molar-refractivity contribution in [3.8, 4) is 0 Å². The summed E-state index contributed by atoms with van der Waals surface area (Å²) in [5.74, 6) is -0.147. The first-order chi connectivity index (χ1) is 15.1. The van der Waals surface area contributed by atoms with Crippen molar-refractivity contribution in [2.24, 2.45) is 0 Å². The van der Waals surface area contributed by atoms with Gasteiger partial charge < -0.3 is 10.6 Å². The molecule has 1 aliphatic carbocycles. The van der Waals surface area contributed by atoms with Crippen LogP contribution in [0.5, 0.6) is 0 Å². The van der Waals surface area contributed by atoms with Crippen LogP contribution < -0.4 is 10.6 Å². The first-order valence-corrected chi connectivity index (χ1v) is 11.3. The fourth-order valence-corrected chi connectivity index (χ4v) is 5.21. The Balaban J connectivity index is 1.45.